The van der Waals surface area contributed by atoms with Crippen molar-refractivity contribution in [3.05, 3.63) is 23.8 Å². The second kappa shape index (κ2) is 5.95. The summed E-state index contributed by atoms with van der Waals surface area (Å²) in [6, 6.07) is 2.28. The van der Waals surface area contributed by atoms with Gasteiger partial charge in [-0.05, 0) is 18.6 Å². The first kappa shape index (κ1) is 12.3. The molecule has 1 aromatic carbocycles. The molecule has 1 rings (SSSR count). The molecule has 0 unspecified atom stereocenters. The summed E-state index contributed by atoms with van der Waals surface area (Å²) in [5.74, 6) is -1.70. The van der Waals surface area contributed by atoms with Gasteiger partial charge in [0, 0.05) is 4.90 Å². The zero-order chi connectivity index (χ0) is 11.3. The fourth-order valence-electron chi connectivity index (χ4n) is 1.21. The van der Waals surface area contributed by atoms with Crippen LogP contribution in [0.25, 0.3) is 0 Å². The predicted molar refractivity (Wildman–Crippen MR) is 58.6 cm³/mol. The van der Waals surface area contributed by atoms with E-state index in [0.717, 1.165) is 31.4 Å². The van der Waals surface area contributed by atoms with Gasteiger partial charge in [-0.15, -0.1) is 12.6 Å². The van der Waals surface area contributed by atoms with Crippen LogP contribution in [0.4, 0.5) is 8.78 Å². The number of halogens is 2. The number of thiol groups is 1. The van der Waals surface area contributed by atoms with Crippen LogP contribution in [-0.2, 0) is 0 Å². The molecule has 4 heteroatoms. The smallest absolute Gasteiger partial charge is 0.190 e. The second-order valence-electron chi connectivity index (χ2n) is 3.29. The number of hydrogen-bond donors (Lipinski definition) is 1. The Kier molecular flexibility index (Phi) is 4.88. The molecule has 0 saturated carbocycles. The molecule has 0 aliphatic carbocycles. The Hall–Kier alpha value is -0.770. The molecule has 0 aliphatic rings. The third kappa shape index (κ3) is 3.70. The maximum atomic E-state index is 13.2. The molecule has 0 bridgehead atoms. The van der Waals surface area contributed by atoms with Gasteiger partial charge in [-0.2, -0.15) is 0 Å². The van der Waals surface area contributed by atoms with Crippen LogP contribution in [0.2, 0.25) is 0 Å². The lowest BCUT2D eigenvalue weighted by Crippen LogP contribution is -2.01. The van der Waals surface area contributed by atoms with E-state index in [1.807, 2.05) is 0 Å². The highest BCUT2D eigenvalue weighted by Gasteiger charge is 2.11. The molecular weight excluding hydrogens is 218 g/mol. The van der Waals surface area contributed by atoms with Crippen LogP contribution in [0, 0.1) is 11.6 Å². The highest BCUT2D eigenvalue weighted by atomic mass is 32.1. The van der Waals surface area contributed by atoms with E-state index in [1.165, 1.54) is 0 Å². The van der Waals surface area contributed by atoms with Gasteiger partial charge in [0.1, 0.15) is 0 Å². The van der Waals surface area contributed by atoms with Gasteiger partial charge in [-0.25, -0.2) is 8.78 Å². The minimum Gasteiger partial charge on any atom is -0.488 e. The van der Waals surface area contributed by atoms with Crippen molar-refractivity contribution in [2.75, 3.05) is 6.61 Å². The molecule has 0 aliphatic heterocycles. The van der Waals surface area contributed by atoms with Crippen molar-refractivity contribution in [2.45, 2.75) is 31.1 Å². The van der Waals surface area contributed by atoms with Gasteiger partial charge in [0.2, 0.25) is 0 Å². The van der Waals surface area contributed by atoms with Crippen LogP contribution in [0.1, 0.15) is 26.2 Å². The van der Waals surface area contributed by atoms with E-state index in [4.69, 9.17) is 4.74 Å². The van der Waals surface area contributed by atoms with Crippen molar-refractivity contribution in [2.24, 2.45) is 0 Å². The van der Waals surface area contributed by atoms with Crippen molar-refractivity contribution in [3.63, 3.8) is 0 Å². The average molecular weight is 232 g/mol. The molecule has 1 aromatic rings. The van der Waals surface area contributed by atoms with Crippen molar-refractivity contribution in [1.29, 1.82) is 0 Å². The molecule has 0 atom stereocenters. The van der Waals surface area contributed by atoms with Crippen LogP contribution >= 0.6 is 12.6 Å². The van der Waals surface area contributed by atoms with Gasteiger partial charge < -0.3 is 4.74 Å². The highest BCUT2D eigenvalue weighted by molar-refractivity contribution is 7.80. The summed E-state index contributed by atoms with van der Waals surface area (Å²) >= 11 is 3.86. The Labute approximate surface area is 93.9 Å². The first-order valence-electron chi connectivity index (χ1n) is 4.96. The maximum absolute atomic E-state index is 13.2. The Morgan fingerprint density at radius 2 is 1.80 bits per heavy atom. The quantitative estimate of drug-likeness (QED) is 0.599. The number of unbranched alkanes of at least 4 members (excludes halogenated alkanes) is 2. The lowest BCUT2D eigenvalue weighted by atomic mass is 10.2. The minimum absolute atomic E-state index is 0.255. The van der Waals surface area contributed by atoms with Gasteiger partial charge in [-0.3, -0.25) is 0 Å². The number of hydrogen-bond acceptors (Lipinski definition) is 2. The van der Waals surface area contributed by atoms with E-state index in [9.17, 15) is 8.78 Å². The van der Waals surface area contributed by atoms with Gasteiger partial charge >= 0.3 is 0 Å². The van der Waals surface area contributed by atoms with Crippen LogP contribution in [-0.4, -0.2) is 6.61 Å². The molecule has 0 heterocycles. The maximum Gasteiger partial charge on any atom is 0.190 e. The molecule has 0 radical (unpaired) electrons. The number of benzene rings is 1. The lowest BCUT2D eigenvalue weighted by molar-refractivity contribution is 0.275. The lowest BCUT2D eigenvalue weighted by Gasteiger charge is -2.08. The van der Waals surface area contributed by atoms with Crippen molar-refractivity contribution >= 4 is 12.6 Å². The normalized spacial score (nSPS) is 10.4. The van der Waals surface area contributed by atoms with E-state index < -0.39 is 11.6 Å². The third-order valence-corrected chi connectivity index (χ3v) is 2.24. The highest BCUT2D eigenvalue weighted by Crippen LogP contribution is 2.24. The minimum atomic E-state index is -0.698. The average Bonchev–Trinajstić information content (AvgIpc) is 2.15. The molecule has 0 fully saturated rings. The standard InChI is InChI=1S/C11H14F2OS/c1-2-3-4-5-14-11-9(12)6-8(15)7-10(11)13/h6-7,15H,2-5H2,1H3. The predicted octanol–water partition coefficient (Wildman–Crippen LogP) is 3.82. The summed E-state index contributed by atoms with van der Waals surface area (Å²) in [6.45, 7) is 2.39. The van der Waals surface area contributed by atoms with E-state index in [2.05, 4.69) is 19.6 Å². The summed E-state index contributed by atoms with van der Waals surface area (Å²) < 4.78 is 31.5. The Bertz CT molecular complexity index is 305. The fraction of sp³-hybridized carbons (Fsp3) is 0.455. The van der Waals surface area contributed by atoms with Gasteiger partial charge in [0.05, 0.1) is 6.61 Å². The van der Waals surface area contributed by atoms with E-state index >= 15 is 0 Å². The molecule has 1 nitrogen and oxygen atoms in total. The van der Waals surface area contributed by atoms with E-state index in [1.54, 1.807) is 0 Å². The van der Waals surface area contributed by atoms with Crippen molar-refractivity contribution in [1.82, 2.24) is 0 Å². The molecule has 0 saturated heterocycles. The summed E-state index contributed by atoms with van der Waals surface area (Å²) in [6.07, 6.45) is 2.84. The SMILES string of the molecule is CCCCCOc1c(F)cc(S)cc1F. The van der Waals surface area contributed by atoms with E-state index in [0.29, 0.717) is 6.61 Å². The molecule has 0 N–H and O–H groups in total. The second-order valence-corrected chi connectivity index (χ2v) is 3.81. The van der Waals surface area contributed by atoms with Crippen LogP contribution < -0.4 is 4.74 Å². The number of rotatable bonds is 5. The Morgan fingerprint density at radius 1 is 1.20 bits per heavy atom. The third-order valence-electron chi connectivity index (χ3n) is 1.98. The van der Waals surface area contributed by atoms with Crippen LogP contribution in [0.15, 0.2) is 17.0 Å². The fourth-order valence-corrected chi connectivity index (χ4v) is 1.44. The van der Waals surface area contributed by atoms with Gasteiger partial charge in [-0.1, -0.05) is 19.8 Å². The molecule has 0 aromatic heterocycles. The van der Waals surface area contributed by atoms with Crippen LogP contribution in [0.3, 0.4) is 0 Å². The topological polar surface area (TPSA) is 9.23 Å². The van der Waals surface area contributed by atoms with E-state index in [-0.39, 0.29) is 10.6 Å². The number of ether oxygens (including phenoxy) is 1. The van der Waals surface area contributed by atoms with Gasteiger partial charge in [0.25, 0.3) is 0 Å². The first-order valence-corrected chi connectivity index (χ1v) is 5.40. The molecule has 0 amide bonds. The molecule has 84 valence electrons. The molecular formula is C11H14F2OS. The summed E-state index contributed by atoms with van der Waals surface area (Å²) in [5, 5.41) is 0. The van der Waals surface area contributed by atoms with Gasteiger partial charge in [0.15, 0.2) is 17.4 Å². The summed E-state index contributed by atoms with van der Waals surface area (Å²) in [7, 11) is 0. The largest absolute Gasteiger partial charge is 0.488 e. The molecule has 0 spiro atoms. The summed E-state index contributed by atoms with van der Waals surface area (Å²) in [5.41, 5.74) is 0. The van der Waals surface area contributed by atoms with Crippen molar-refractivity contribution < 1.29 is 13.5 Å². The molecule has 15 heavy (non-hydrogen) atoms. The first-order chi connectivity index (χ1) is 7.15. The van der Waals surface area contributed by atoms with Crippen molar-refractivity contribution in [3.8, 4) is 5.75 Å². The Morgan fingerprint density at radius 3 is 2.33 bits per heavy atom. The zero-order valence-electron chi connectivity index (χ0n) is 8.59. The zero-order valence-corrected chi connectivity index (χ0v) is 9.49. The summed E-state index contributed by atoms with van der Waals surface area (Å²) in [4.78, 5) is 0.255. The van der Waals surface area contributed by atoms with Crippen LogP contribution in [0.5, 0.6) is 5.75 Å². The Balaban J connectivity index is 2.60. The monoisotopic (exact) mass is 232 g/mol.